The number of thiophene rings is 1. The van der Waals surface area contributed by atoms with Crippen molar-refractivity contribution in [3.05, 3.63) is 70.8 Å². The van der Waals surface area contributed by atoms with E-state index in [1.165, 1.54) is 17.0 Å². The minimum absolute atomic E-state index is 0.106. The van der Waals surface area contributed by atoms with Crippen LogP contribution in [-0.2, 0) is 0 Å². The predicted octanol–water partition coefficient (Wildman–Crippen LogP) is 5.03. The van der Waals surface area contributed by atoms with Crippen LogP contribution in [0.1, 0.15) is 0 Å². The largest absolute Gasteiger partial charge is 0.387 e. The molecule has 0 spiro atoms. The summed E-state index contributed by atoms with van der Waals surface area (Å²) in [5.74, 6) is 0. The van der Waals surface area contributed by atoms with Gasteiger partial charge in [0.25, 0.3) is 5.69 Å². The Morgan fingerprint density at radius 3 is 2.27 bits per heavy atom. The first-order valence-corrected chi connectivity index (χ1v) is 7.62. The third-order valence-corrected chi connectivity index (χ3v) is 4.63. The first-order chi connectivity index (χ1) is 10.7. The number of benzene rings is 2. The zero-order valence-corrected chi connectivity index (χ0v) is 12.8. The van der Waals surface area contributed by atoms with Crippen molar-refractivity contribution in [1.82, 2.24) is 0 Å². The van der Waals surface area contributed by atoms with E-state index < -0.39 is 0 Å². The Hall–Kier alpha value is -2.66. The highest BCUT2D eigenvalue weighted by Crippen LogP contribution is 2.41. The summed E-state index contributed by atoms with van der Waals surface area (Å²) in [5, 5.41) is 14.0. The lowest BCUT2D eigenvalue weighted by molar-refractivity contribution is -0.384. The van der Waals surface area contributed by atoms with Crippen molar-refractivity contribution >= 4 is 22.7 Å². The molecule has 1 aromatic heterocycles. The highest BCUT2D eigenvalue weighted by molar-refractivity contribution is 7.19. The Bertz CT molecular complexity index is 795. The van der Waals surface area contributed by atoms with Crippen LogP contribution in [0.25, 0.3) is 20.9 Å². The number of hydrogen-bond donors (Lipinski definition) is 1. The maximum Gasteiger partial charge on any atom is 0.269 e. The van der Waals surface area contributed by atoms with Gasteiger partial charge in [-0.3, -0.25) is 10.1 Å². The van der Waals surface area contributed by atoms with Crippen molar-refractivity contribution in [2.75, 3.05) is 12.4 Å². The van der Waals surface area contributed by atoms with Crippen LogP contribution >= 0.6 is 11.3 Å². The summed E-state index contributed by atoms with van der Waals surface area (Å²) in [5.41, 5.74) is 3.27. The summed E-state index contributed by atoms with van der Waals surface area (Å²) < 4.78 is 0. The Morgan fingerprint density at radius 2 is 1.68 bits per heavy atom. The fourth-order valence-corrected chi connectivity index (χ4v) is 3.45. The summed E-state index contributed by atoms with van der Waals surface area (Å²) in [6, 6.07) is 18.9. The molecule has 22 heavy (non-hydrogen) atoms. The van der Waals surface area contributed by atoms with Gasteiger partial charge in [0.05, 0.1) is 15.5 Å². The number of anilines is 1. The Labute approximate surface area is 132 Å². The second-order valence-electron chi connectivity index (χ2n) is 4.77. The number of nitro benzene ring substituents is 1. The summed E-state index contributed by atoms with van der Waals surface area (Å²) in [6.45, 7) is 0. The zero-order valence-electron chi connectivity index (χ0n) is 11.9. The number of nitrogens with zero attached hydrogens (tertiary/aromatic N) is 1. The smallest absolute Gasteiger partial charge is 0.269 e. The third-order valence-electron chi connectivity index (χ3n) is 3.40. The molecule has 0 amide bonds. The van der Waals surface area contributed by atoms with Crippen LogP contribution in [0.4, 0.5) is 11.4 Å². The predicted molar refractivity (Wildman–Crippen MR) is 91.4 cm³/mol. The van der Waals surface area contributed by atoms with Gasteiger partial charge < -0.3 is 5.32 Å². The van der Waals surface area contributed by atoms with Gasteiger partial charge in [-0.15, -0.1) is 11.3 Å². The van der Waals surface area contributed by atoms with Crippen molar-refractivity contribution in [1.29, 1.82) is 0 Å². The molecule has 1 heterocycles. The molecule has 0 fully saturated rings. The maximum atomic E-state index is 10.8. The number of non-ortho nitro benzene ring substituents is 1. The molecule has 2 aromatic carbocycles. The Kier molecular flexibility index (Phi) is 3.89. The monoisotopic (exact) mass is 310 g/mol. The minimum atomic E-state index is -0.382. The van der Waals surface area contributed by atoms with Gasteiger partial charge >= 0.3 is 0 Å². The summed E-state index contributed by atoms with van der Waals surface area (Å²) in [6.07, 6.45) is 0. The molecule has 4 nitrogen and oxygen atoms in total. The SMILES string of the molecule is CNc1cc(-c2ccccc2)sc1-c1ccc([N+](=O)[O-])cc1. The first kappa shape index (κ1) is 14.3. The van der Waals surface area contributed by atoms with Gasteiger partial charge in [0, 0.05) is 24.1 Å². The lowest BCUT2D eigenvalue weighted by atomic mass is 10.1. The molecule has 3 aromatic rings. The van der Waals surface area contributed by atoms with E-state index in [-0.39, 0.29) is 10.6 Å². The molecule has 0 saturated carbocycles. The van der Waals surface area contributed by atoms with E-state index in [4.69, 9.17) is 0 Å². The highest BCUT2D eigenvalue weighted by atomic mass is 32.1. The van der Waals surface area contributed by atoms with E-state index in [0.717, 1.165) is 21.7 Å². The molecule has 0 aliphatic rings. The molecule has 0 unspecified atom stereocenters. The summed E-state index contributed by atoms with van der Waals surface area (Å²) in [7, 11) is 1.88. The number of hydrogen-bond acceptors (Lipinski definition) is 4. The van der Waals surface area contributed by atoms with Crippen LogP contribution in [0.2, 0.25) is 0 Å². The van der Waals surface area contributed by atoms with Gasteiger partial charge in [-0.25, -0.2) is 0 Å². The molecule has 0 radical (unpaired) electrons. The fraction of sp³-hybridized carbons (Fsp3) is 0.0588. The van der Waals surface area contributed by atoms with E-state index in [9.17, 15) is 10.1 Å². The van der Waals surface area contributed by atoms with Crippen LogP contribution in [0.5, 0.6) is 0 Å². The number of nitrogens with one attached hydrogen (secondary N) is 1. The van der Waals surface area contributed by atoms with E-state index in [2.05, 4.69) is 23.5 Å². The number of rotatable bonds is 4. The van der Waals surface area contributed by atoms with Crippen molar-refractivity contribution in [2.24, 2.45) is 0 Å². The van der Waals surface area contributed by atoms with Gasteiger partial charge in [0.15, 0.2) is 0 Å². The van der Waals surface area contributed by atoms with Crippen LogP contribution < -0.4 is 5.32 Å². The second-order valence-corrected chi connectivity index (χ2v) is 5.83. The van der Waals surface area contributed by atoms with Crippen LogP contribution in [-0.4, -0.2) is 12.0 Å². The molecule has 0 aliphatic carbocycles. The molecule has 0 aliphatic heterocycles. The number of nitro groups is 1. The topological polar surface area (TPSA) is 55.2 Å². The molecule has 0 bridgehead atoms. The molecular weight excluding hydrogens is 296 g/mol. The van der Waals surface area contributed by atoms with Crippen LogP contribution in [0.3, 0.4) is 0 Å². The van der Waals surface area contributed by atoms with Crippen molar-refractivity contribution in [2.45, 2.75) is 0 Å². The molecule has 0 saturated heterocycles. The zero-order chi connectivity index (χ0) is 15.5. The normalized spacial score (nSPS) is 10.4. The van der Waals surface area contributed by atoms with E-state index in [0.29, 0.717) is 0 Å². The van der Waals surface area contributed by atoms with Crippen molar-refractivity contribution in [3.8, 4) is 20.9 Å². The minimum Gasteiger partial charge on any atom is -0.387 e. The van der Waals surface area contributed by atoms with Crippen molar-refractivity contribution in [3.63, 3.8) is 0 Å². The average molecular weight is 310 g/mol. The van der Waals surface area contributed by atoms with Gasteiger partial charge in [-0.2, -0.15) is 0 Å². The maximum absolute atomic E-state index is 10.8. The van der Waals surface area contributed by atoms with Gasteiger partial charge in [-0.05, 0) is 29.3 Å². The molecule has 1 N–H and O–H groups in total. The second kappa shape index (κ2) is 5.99. The molecule has 110 valence electrons. The lowest BCUT2D eigenvalue weighted by Crippen LogP contribution is -1.89. The fourth-order valence-electron chi connectivity index (χ4n) is 2.27. The molecule has 0 atom stereocenters. The molecular formula is C17H14N2O2S. The summed E-state index contributed by atoms with van der Waals surface area (Å²) in [4.78, 5) is 12.6. The Morgan fingerprint density at radius 1 is 1.00 bits per heavy atom. The average Bonchev–Trinajstić information content (AvgIpc) is 3.00. The quantitative estimate of drug-likeness (QED) is 0.543. The summed E-state index contributed by atoms with van der Waals surface area (Å²) >= 11 is 1.67. The Balaban J connectivity index is 2.03. The standard InChI is InChI=1S/C17H14N2O2S/c1-18-15-11-16(12-5-3-2-4-6-12)22-17(15)13-7-9-14(10-8-13)19(20)21/h2-11,18H,1H3. The third kappa shape index (κ3) is 2.71. The van der Waals surface area contributed by atoms with Crippen molar-refractivity contribution < 1.29 is 4.92 Å². The first-order valence-electron chi connectivity index (χ1n) is 6.81. The van der Waals surface area contributed by atoms with Gasteiger partial charge in [-0.1, -0.05) is 30.3 Å². The van der Waals surface area contributed by atoms with E-state index in [1.807, 2.05) is 25.2 Å². The van der Waals surface area contributed by atoms with E-state index >= 15 is 0 Å². The van der Waals surface area contributed by atoms with Crippen LogP contribution in [0.15, 0.2) is 60.7 Å². The molecule has 5 heteroatoms. The van der Waals surface area contributed by atoms with E-state index in [1.54, 1.807) is 23.5 Å². The highest BCUT2D eigenvalue weighted by Gasteiger charge is 2.13. The van der Waals surface area contributed by atoms with Crippen LogP contribution in [0, 0.1) is 10.1 Å². The van der Waals surface area contributed by atoms with Gasteiger partial charge in [0.1, 0.15) is 0 Å². The van der Waals surface area contributed by atoms with Gasteiger partial charge in [0.2, 0.25) is 0 Å². The molecule has 3 rings (SSSR count). The lowest BCUT2D eigenvalue weighted by Gasteiger charge is -2.02.